The van der Waals surface area contributed by atoms with Gasteiger partial charge in [0.15, 0.2) is 0 Å². The van der Waals surface area contributed by atoms with Crippen LogP contribution in [0.4, 0.5) is 11.4 Å². The SMILES string of the molecule is CC.Cc1cccc(-c2ccc3c4c(ccc3c2)-c2c(c3ccccc3c3ccccc23)C42c3ccccc3-c3ccccc32)c1.Nc1ccccc1N. The lowest BCUT2D eigenvalue weighted by molar-refractivity contribution is 0.809. The van der Waals surface area contributed by atoms with E-state index in [0.717, 1.165) is 0 Å². The van der Waals surface area contributed by atoms with Crippen molar-refractivity contribution in [1.82, 2.24) is 0 Å². The molecule has 0 heterocycles. The van der Waals surface area contributed by atoms with Gasteiger partial charge in [-0.25, -0.2) is 0 Å². The van der Waals surface area contributed by atoms with Crippen molar-refractivity contribution in [3.8, 4) is 33.4 Å². The minimum atomic E-state index is -0.425. The normalized spacial score (nSPS) is 12.6. The first kappa shape index (κ1) is 33.2. The van der Waals surface area contributed by atoms with Gasteiger partial charge < -0.3 is 11.5 Å². The van der Waals surface area contributed by atoms with Crippen LogP contribution in [0, 0.1) is 6.92 Å². The Morgan fingerprint density at radius 1 is 0.389 bits per heavy atom. The highest BCUT2D eigenvalue weighted by atomic mass is 14.7. The molecule has 9 aromatic rings. The fourth-order valence-electron chi connectivity index (χ4n) is 9.17. The lowest BCUT2D eigenvalue weighted by atomic mass is 9.68. The maximum Gasteiger partial charge on any atom is 0.0737 e. The fourth-order valence-corrected chi connectivity index (χ4v) is 9.17. The Kier molecular flexibility index (Phi) is 8.05. The average molecular weight is 695 g/mol. The van der Waals surface area contributed by atoms with Crippen LogP contribution in [0.25, 0.3) is 65.7 Å². The molecule has 11 rings (SSSR count). The molecule has 1 spiro atoms. The van der Waals surface area contributed by atoms with Crippen molar-refractivity contribution >= 4 is 43.7 Å². The summed E-state index contributed by atoms with van der Waals surface area (Å²) < 4.78 is 0. The Balaban J connectivity index is 0.000000341. The summed E-state index contributed by atoms with van der Waals surface area (Å²) in [6.45, 7) is 6.17. The molecule has 0 atom stereocenters. The number of hydrogen-bond acceptors (Lipinski definition) is 2. The van der Waals surface area contributed by atoms with E-state index in [1.54, 1.807) is 12.1 Å². The van der Waals surface area contributed by atoms with Gasteiger partial charge in [0.05, 0.1) is 16.8 Å². The standard InChI is InChI=1S/C44H28.C6H8N2.C2H6/c1-27-11-10-12-28(25-27)29-21-23-31-30(26-29)22-24-38-41-36-17-4-2-13-32(36)33-14-3-5-18-37(33)43(41)44(42(31)38)39-19-8-6-15-34(39)35-16-7-9-20-40(35)44;7-5-3-1-2-4-6(5)8;1-2/h2-26H,1H3;1-4H,7-8H2;1-2H3. The highest BCUT2D eigenvalue weighted by Crippen LogP contribution is 2.66. The molecule has 54 heavy (non-hydrogen) atoms. The zero-order valence-electron chi connectivity index (χ0n) is 30.9. The van der Waals surface area contributed by atoms with Crippen LogP contribution in [-0.2, 0) is 5.41 Å². The average Bonchev–Trinajstić information content (AvgIpc) is 3.71. The molecular weight excluding hydrogens is 653 g/mol. The summed E-state index contributed by atoms with van der Waals surface area (Å²) in [4.78, 5) is 0. The van der Waals surface area contributed by atoms with Gasteiger partial charge in [0.1, 0.15) is 0 Å². The Hall–Kier alpha value is -6.64. The van der Waals surface area contributed by atoms with Crippen molar-refractivity contribution in [2.45, 2.75) is 26.2 Å². The Bertz CT molecular complexity index is 2830. The lowest BCUT2D eigenvalue weighted by Gasteiger charge is -2.32. The van der Waals surface area contributed by atoms with Gasteiger partial charge in [-0.2, -0.15) is 0 Å². The molecule has 0 radical (unpaired) electrons. The molecule has 260 valence electrons. The summed E-state index contributed by atoms with van der Waals surface area (Å²) in [5.41, 5.74) is 26.5. The molecule has 0 bridgehead atoms. The van der Waals surface area contributed by atoms with Crippen LogP contribution in [-0.4, -0.2) is 0 Å². The van der Waals surface area contributed by atoms with Gasteiger partial charge in [-0.15, -0.1) is 0 Å². The van der Waals surface area contributed by atoms with E-state index in [0.29, 0.717) is 11.4 Å². The maximum atomic E-state index is 5.39. The molecule has 0 fully saturated rings. The smallest absolute Gasteiger partial charge is 0.0737 e. The summed E-state index contributed by atoms with van der Waals surface area (Å²) in [6.07, 6.45) is 0. The van der Waals surface area contributed by atoms with E-state index < -0.39 is 5.41 Å². The van der Waals surface area contributed by atoms with Crippen molar-refractivity contribution in [3.05, 3.63) is 204 Å². The number of nitrogen functional groups attached to an aromatic ring is 2. The zero-order chi connectivity index (χ0) is 37.0. The zero-order valence-corrected chi connectivity index (χ0v) is 30.9. The number of nitrogens with two attached hydrogens (primary N) is 2. The maximum absolute atomic E-state index is 5.39. The number of anilines is 2. The summed E-state index contributed by atoms with van der Waals surface area (Å²) >= 11 is 0. The molecular formula is C52H42N2. The van der Waals surface area contributed by atoms with Crippen LogP contribution >= 0.6 is 0 Å². The fraction of sp³-hybridized carbons (Fsp3) is 0.0769. The van der Waals surface area contributed by atoms with E-state index in [9.17, 15) is 0 Å². The third-order valence-corrected chi connectivity index (χ3v) is 11.3. The Labute approximate surface area is 317 Å². The van der Waals surface area contributed by atoms with E-state index in [2.05, 4.69) is 159 Å². The topological polar surface area (TPSA) is 52.0 Å². The van der Waals surface area contributed by atoms with E-state index in [-0.39, 0.29) is 0 Å². The lowest BCUT2D eigenvalue weighted by Crippen LogP contribution is -2.26. The number of para-hydroxylation sites is 2. The largest absolute Gasteiger partial charge is 0.397 e. The second-order valence-electron chi connectivity index (χ2n) is 14.1. The minimum absolute atomic E-state index is 0.425. The number of rotatable bonds is 1. The number of fused-ring (bicyclic) bond motifs is 17. The van der Waals surface area contributed by atoms with Crippen molar-refractivity contribution in [2.24, 2.45) is 0 Å². The van der Waals surface area contributed by atoms with E-state index in [4.69, 9.17) is 11.5 Å². The van der Waals surface area contributed by atoms with Gasteiger partial charge in [0.2, 0.25) is 0 Å². The minimum Gasteiger partial charge on any atom is -0.397 e. The summed E-state index contributed by atoms with van der Waals surface area (Å²) in [5, 5.41) is 7.92. The molecule has 0 amide bonds. The Morgan fingerprint density at radius 2 is 0.926 bits per heavy atom. The predicted molar refractivity (Wildman–Crippen MR) is 232 cm³/mol. The monoisotopic (exact) mass is 694 g/mol. The van der Waals surface area contributed by atoms with Gasteiger partial charge in [-0.05, 0) is 113 Å². The molecule has 0 aromatic heterocycles. The third kappa shape index (κ3) is 4.80. The molecule has 0 saturated carbocycles. The van der Waals surface area contributed by atoms with E-state index in [1.807, 2.05) is 26.0 Å². The number of aryl methyl sites for hydroxylation is 1. The van der Waals surface area contributed by atoms with Crippen LogP contribution in [0.15, 0.2) is 176 Å². The number of hydrogen-bond donors (Lipinski definition) is 2. The Morgan fingerprint density at radius 3 is 1.56 bits per heavy atom. The molecule has 2 aliphatic carbocycles. The molecule has 2 aliphatic rings. The van der Waals surface area contributed by atoms with Gasteiger partial charge >= 0.3 is 0 Å². The van der Waals surface area contributed by atoms with Crippen LogP contribution in [0.5, 0.6) is 0 Å². The highest BCUT2D eigenvalue weighted by molar-refractivity contribution is 6.21. The van der Waals surface area contributed by atoms with Crippen LogP contribution in [0.3, 0.4) is 0 Å². The molecule has 0 aliphatic heterocycles. The third-order valence-electron chi connectivity index (χ3n) is 11.3. The highest BCUT2D eigenvalue weighted by Gasteiger charge is 2.53. The first-order valence-electron chi connectivity index (χ1n) is 18.9. The molecule has 2 heteroatoms. The first-order valence-corrected chi connectivity index (χ1v) is 18.9. The molecule has 0 saturated heterocycles. The van der Waals surface area contributed by atoms with Crippen molar-refractivity contribution in [3.63, 3.8) is 0 Å². The number of benzene rings is 9. The van der Waals surface area contributed by atoms with Crippen LogP contribution < -0.4 is 11.5 Å². The predicted octanol–water partition coefficient (Wildman–Crippen LogP) is 13.3. The molecule has 4 N–H and O–H groups in total. The van der Waals surface area contributed by atoms with E-state index in [1.165, 1.54) is 93.5 Å². The first-order chi connectivity index (χ1) is 26.6. The van der Waals surface area contributed by atoms with Crippen molar-refractivity contribution in [2.75, 3.05) is 11.5 Å². The van der Waals surface area contributed by atoms with E-state index >= 15 is 0 Å². The van der Waals surface area contributed by atoms with Gasteiger partial charge in [-0.1, -0.05) is 177 Å². The summed E-state index contributed by atoms with van der Waals surface area (Å²) in [6, 6.07) is 64.3. The molecule has 2 nitrogen and oxygen atoms in total. The quantitative estimate of drug-likeness (QED) is 0.133. The van der Waals surface area contributed by atoms with Gasteiger partial charge in [0, 0.05) is 0 Å². The summed E-state index contributed by atoms with van der Waals surface area (Å²) in [7, 11) is 0. The molecule has 0 unspecified atom stereocenters. The van der Waals surface area contributed by atoms with Crippen molar-refractivity contribution in [1.29, 1.82) is 0 Å². The van der Waals surface area contributed by atoms with Crippen LogP contribution in [0.1, 0.15) is 41.7 Å². The summed E-state index contributed by atoms with van der Waals surface area (Å²) in [5.74, 6) is 0. The van der Waals surface area contributed by atoms with Crippen LogP contribution in [0.2, 0.25) is 0 Å². The van der Waals surface area contributed by atoms with Crippen molar-refractivity contribution < 1.29 is 0 Å². The van der Waals surface area contributed by atoms with Gasteiger partial charge in [-0.3, -0.25) is 0 Å². The second-order valence-corrected chi connectivity index (χ2v) is 14.1. The van der Waals surface area contributed by atoms with Gasteiger partial charge in [0.25, 0.3) is 0 Å². The second kappa shape index (κ2) is 13.1. The molecule has 9 aromatic carbocycles.